The molecule has 4 heteroatoms. The van der Waals surface area contributed by atoms with E-state index < -0.39 is 0 Å². The minimum absolute atomic E-state index is 1.00. The first-order valence-electron chi connectivity index (χ1n) is 7.33. The molecule has 4 aromatic rings. The molecule has 0 aliphatic rings. The van der Waals surface area contributed by atoms with Crippen LogP contribution in [0.3, 0.4) is 0 Å². The standard InChI is InChI=1S/C18H15N3S/c1-2-13-8-10-21-12-15(20-18(21)11-13)17-7-6-16(22-17)14-5-3-4-9-19-14/h3-12H,2H2,1H3. The van der Waals surface area contributed by atoms with E-state index in [1.165, 1.54) is 15.3 Å². The minimum Gasteiger partial charge on any atom is -0.306 e. The maximum Gasteiger partial charge on any atom is 0.137 e. The monoisotopic (exact) mass is 305 g/mol. The van der Waals surface area contributed by atoms with Gasteiger partial charge in [0.05, 0.1) is 21.1 Å². The Morgan fingerprint density at radius 2 is 1.91 bits per heavy atom. The van der Waals surface area contributed by atoms with Gasteiger partial charge in [-0.25, -0.2) is 4.98 Å². The predicted octanol–water partition coefficient (Wildman–Crippen LogP) is 4.69. The van der Waals surface area contributed by atoms with Gasteiger partial charge in [-0.15, -0.1) is 11.3 Å². The van der Waals surface area contributed by atoms with E-state index in [2.05, 4.69) is 53.0 Å². The Kier molecular flexibility index (Phi) is 3.24. The fourth-order valence-corrected chi connectivity index (χ4v) is 3.42. The van der Waals surface area contributed by atoms with Crippen LogP contribution in [0.25, 0.3) is 26.8 Å². The third-order valence-corrected chi connectivity index (χ3v) is 4.84. The molecule has 0 spiro atoms. The summed E-state index contributed by atoms with van der Waals surface area (Å²) in [6, 6.07) is 14.5. The predicted molar refractivity (Wildman–Crippen MR) is 91.1 cm³/mol. The van der Waals surface area contributed by atoms with Gasteiger partial charge in [0.15, 0.2) is 0 Å². The van der Waals surface area contributed by atoms with E-state index >= 15 is 0 Å². The van der Waals surface area contributed by atoms with E-state index in [9.17, 15) is 0 Å². The molecule has 0 saturated heterocycles. The molecule has 4 heterocycles. The lowest BCUT2D eigenvalue weighted by atomic mass is 10.2. The zero-order valence-electron chi connectivity index (χ0n) is 12.2. The minimum atomic E-state index is 1.00. The van der Waals surface area contributed by atoms with E-state index in [4.69, 9.17) is 4.98 Å². The number of imidazole rings is 1. The van der Waals surface area contributed by atoms with Gasteiger partial charge in [0.2, 0.25) is 0 Å². The third kappa shape index (κ3) is 2.31. The van der Waals surface area contributed by atoms with Crippen molar-refractivity contribution >= 4 is 17.0 Å². The number of nitrogens with zero attached hydrogens (tertiary/aromatic N) is 3. The smallest absolute Gasteiger partial charge is 0.137 e. The molecule has 22 heavy (non-hydrogen) atoms. The van der Waals surface area contributed by atoms with Crippen LogP contribution >= 0.6 is 11.3 Å². The Balaban J connectivity index is 1.74. The molecule has 0 unspecified atom stereocenters. The van der Waals surface area contributed by atoms with Crippen molar-refractivity contribution in [3.63, 3.8) is 0 Å². The first-order chi connectivity index (χ1) is 10.8. The van der Waals surface area contributed by atoms with Crippen LogP contribution in [0.1, 0.15) is 12.5 Å². The molecule has 3 nitrogen and oxygen atoms in total. The van der Waals surface area contributed by atoms with Crippen LogP contribution < -0.4 is 0 Å². The number of hydrogen-bond donors (Lipinski definition) is 0. The highest BCUT2D eigenvalue weighted by molar-refractivity contribution is 7.18. The van der Waals surface area contributed by atoms with E-state index in [0.717, 1.165) is 23.5 Å². The van der Waals surface area contributed by atoms with Gasteiger partial charge in [-0.3, -0.25) is 4.98 Å². The highest BCUT2D eigenvalue weighted by Crippen LogP contribution is 2.33. The fraction of sp³-hybridized carbons (Fsp3) is 0.111. The summed E-state index contributed by atoms with van der Waals surface area (Å²) < 4.78 is 2.08. The molecule has 4 aromatic heterocycles. The highest BCUT2D eigenvalue weighted by atomic mass is 32.1. The Morgan fingerprint density at radius 3 is 2.68 bits per heavy atom. The average Bonchev–Trinajstić information content (AvgIpc) is 3.21. The van der Waals surface area contributed by atoms with Gasteiger partial charge in [-0.05, 0) is 48.4 Å². The summed E-state index contributed by atoms with van der Waals surface area (Å²) in [6.45, 7) is 2.16. The lowest BCUT2D eigenvalue weighted by Gasteiger charge is -1.96. The van der Waals surface area contributed by atoms with Gasteiger partial charge in [0.25, 0.3) is 0 Å². The van der Waals surface area contributed by atoms with Crippen LogP contribution in [-0.4, -0.2) is 14.4 Å². The van der Waals surface area contributed by atoms with Crippen LogP contribution in [-0.2, 0) is 6.42 Å². The molecule has 0 aliphatic heterocycles. The van der Waals surface area contributed by atoms with E-state index in [1.54, 1.807) is 11.3 Å². The number of aromatic nitrogens is 3. The molecule has 0 N–H and O–H groups in total. The van der Waals surface area contributed by atoms with Gasteiger partial charge in [0.1, 0.15) is 5.65 Å². The summed E-state index contributed by atoms with van der Waals surface area (Å²) in [5.41, 5.74) is 4.34. The third-order valence-electron chi connectivity index (χ3n) is 3.71. The largest absolute Gasteiger partial charge is 0.306 e. The summed E-state index contributed by atoms with van der Waals surface area (Å²) in [7, 11) is 0. The van der Waals surface area contributed by atoms with Gasteiger partial charge in [-0.1, -0.05) is 13.0 Å². The summed E-state index contributed by atoms with van der Waals surface area (Å²) in [5.74, 6) is 0. The molecular weight excluding hydrogens is 290 g/mol. The Morgan fingerprint density at radius 1 is 1.05 bits per heavy atom. The normalized spacial score (nSPS) is 11.1. The van der Waals surface area contributed by atoms with Crippen LogP contribution in [0.4, 0.5) is 0 Å². The first-order valence-corrected chi connectivity index (χ1v) is 8.14. The molecule has 0 bridgehead atoms. The first kappa shape index (κ1) is 13.2. The van der Waals surface area contributed by atoms with Crippen molar-refractivity contribution in [1.82, 2.24) is 14.4 Å². The second-order valence-corrected chi connectivity index (χ2v) is 6.24. The second kappa shape index (κ2) is 5.39. The van der Waals surface area contributed by atoms with Crippen molar-refractivity contribution in [2.24, 2.45) is 0 Å². The summed E-state index contributed by atoms with van der Waals surface area (Å²) in [4.78, 5) is 11.5. The van der Waals surface area contributed by atoms with E-state index in [-0.39, 0.29) is 0 Å². The number of thiophene rings is 1. The number of hydrogen-bond acceptors (Lipinski definition) is 3. The highest BCUT2D eigenvalue weighted by Gasteiger charge is 2.09. The Labute approximate surface area is 132 Å². The molecule has 0 saturated carbocycles. The quantitative estimate of drug-likeness (QED) is 0.550. The number of pyridine rings is 2. The van der Waals surface area contributed by atoms with Crippen molar-refractivity contribution in [3.8, 4) is 21.1 Å². The van der Waals surface area contributed by atoms with Gasteiger partial charge in [-0.2, -0.15) is 0 Å². The van der Waals surface area contributed by atoms with Crippen molar-refractivity contribution in [2.75, 3.05) is 0 Å². The maximum absolute atomic E-state index is 4.75. The van der Waals surface area contributed by atoms with E-state index in [0.29, 0.717) is 0 Å². The SMILES string of the molecule is CCc1ccn2cc(-c3ccc(-c4ccccn4)s3)nc2c1. The summed E-state index contributed by atoms with van der Waals surface area (Å²) in [6.07, 6.45) is 7.02. The zero-order valence-corrected chi connectivity index (χ0v) is 13.0. The molecule has 0 fully saturated rings. The molecule has 0 atom stereocenters. The van der Waals surface area contributed by atoms with Crippen LogP contribution in [0.2, 0.25) is 0 Å². The second-order valence-electron chi connectivity index (χ2n) is 5.16. The van der Waals surface area contributed by atoms with Crippen molar-refractivity contribution in [3.05, 3.63) is 66.6 Å². The Hall–Kier alpha value is -2.46. The Bertz CT molecular complexity index is 922. The molecular formula is C18H15N3S. The zero-order chi connectivity index (χ0) is 14.9. The van der Waals surface area contributed by atoms with E-state index in [1.807, 2.05) is 24.4 Å². The number of fused-ring (bicyclic) bond motifs is 1. The molecule has 108 valence electrons. The van der Waals surface area contributed by atoms with Crippen LogP contribution in [0, 0.1) is 0 Å². The van der Waals surface area contributed by atoms with Crippen LogP contribution in [0.15, 0.2) is 61.1 Å². The molecule has 0 amide bonds. The van der Waals surface area contributed by atoms with Gasteiger partial charge in [0, 0.05) is 18.6 Å². The summed E-state index contributed by atoms with van der Waals surface area (Å²) in [5, 5.41) is 0. The fourth-order valence-electron chi connectivity index (χ4n) is 2.48. The van der Waals surface area contributed by atoms with Crippen molar-refractivity contribution < 1.29 is 0 Å². The molecule has 4 rings (SSSR count). The van der Waals surface area contributed by atoms with Crippen molar-refractivity contribution in [2.45, 2.75) is 13.3 Å². The lowest BCUT2D eigenvalue weighted by molar-refractivity contribution is 1.10. The molecule has 0 aromatic carbocycles. The molecule has 0 aliphatic carbocycles. The van der Waals surface area contributed by atoms with Gasteiger partial charge >= 0.3 is 0 Å². The number of rotatable bonds is 3. The number of aryl methyl sites for hydroxylation is 1. The van der Waals surface area contributed by atoms with Gasteiger partial charge < -0.3 is 4.40 Å². The topological polar surface area (TPSA) is 30.2 Å². The van der Waals surface area contributed by atoms with Crippen molar-refractivity contribution in [1.29, 1.82) is 0 Å². The van der Waals surface area contributed by atoms with Crippen LogP contribution in [0.5, 0.6) is 0 Å². The maximum atomic E-state index is 4.75. The lowest BCUT2D eigenvalue weighted by Crippen LogP contribution is -1.85. The molecule has 0 radical (unpaired) electrons. The average molecular weight is 305 g/mol. The summed E-state index contributed by atoms with van der Waals surface area (Å²) >= 11 is 1.73.